The topological polar surface area (TPSA) is 88.2 Å². The zero-order valence-electron chi connectivity index (χ0n) is 16.1. The quantitative estimate of drug-likeness (QED) is 0.705. The summed E-state index contributed by atoms with van der Waals surface area (Å²) in [5, 5.41) is 2.83. The molecule has 2 aromatic carbocycles. The van der Waals surface area contributed by atoms with Crippen molar-refractivity contribution < 1.29 is 22.7 Å². The number of nitrogens with one attached hydrogen (secondary N) is 1. The van der Waals surface area contributed by atoms with Gasteiger partial charge in [0.05, 0.1) is 19.9 Å². The fourth-order valence-corrected chi connectivity index (χ4v) is 4.99. The number of amides is 2. The predicted molar refractivity (Wildman–Crippen MR) is 113 cm³/mol. The lowest BCUT2D eigenvalue weighted by Crippen LogP contribution is -2.51. The summed E-state index contributed by atoms with van der Waals surface area (Å²) in [4.78, 5) is 14.2. The van der Waals surface area contributed by atoms with E-state index in [1.54, 1.807) is 23.1 Å². The van der Waals surface area contributed by atoms with Crippen LogP contribution < -0.4 is 14.8 Å². The Labute approximate surface area is 178 Å². The second-order valence-corrected chi connectivity index (χ2v) is 9.08. The number of hydrogen-bond donors (Lipinski definition) is 1. The van der Waals surface area contributed by atoms with Crippen LogP contribution in [-0.4, -0.2) is 64.1 Å². The Morgan fingerprint density at radius 1 is 1.03 bits per heavy atom. The van der Waals surface area contributed by atoms with Crippen LogP contribution in [0, 0.1) is 0 Å². The first-order chi connectivity index (χ1) is 13.9. The molecule has 156 valence electrons. The van der Waals surface area contributed by atoms with Crippen molar-refractivity contribution in [2.24, 2.45) is 0 Å². The minimum absolute atomic E-state index is 0.0467. The molecule has 0 atom stereocenters. The third-order valence-corrected chi connectivity index (χ3v) is 7.24. The van der Waals surface area contributed by atoms with Gasteiger partial charge in [-0.25, -0.2) is 13.2 Å². The smallest absolute Gasteiger partial charge is 0.321 e. The highest BCUT2D eigenvalue weighted by Crippen LogP contribution is 2.31. The number of rotatable bonds is 5. The fourth-order valence-electron chi connectivity index (χ4n) is 3.01. The lowest BCUT2D eigenvalue weighted by Gasteiger charge is -2.34. The summed E-state index contributed by atoms with van der Waals surface area (Å²) in [6.45, 7) is 0.932. The molecule has 0 unspecified atom stereocenters. The zero-order chi connectivity index (χ0) is 21.0. The van der Waals surface area contributed by atoms with E-state index in [1.807, 2.05) is 18.2 Å². The van der Waals surface area contributed by atoms with Crippen molar-refractivity contribution in [1.29, 1.82) is 0 Å². The van der Waals surface area contributed by atoms with Crippen LogP contribution in [0.15, 0.2) is 51.8 Å². The zero-order valence-corrected chi connectivity index (χ0v) is 18.5. The molecule has 1 fully saturated rings. The highest BCUT2D eigenvalue weighted by molar-refractivity contribution is 9.10. The first-order valence-electron chi connectivity index (χ1n) is 8.89. The van der Waals surface area contributed by atoms with Gasteiger partial charge < -0.3 is 19.7 Å². The first kappa shape index (κ1) is 21.4. The van der Waals surface area contributed by atoms with Gasteiger partial charge in [-0.1, -0.05) is 12.1 Å². The first-order valence-corrected chi connectivity index (χ1v) is 11.1. The summed E-state index contributed by atoms with van der Waals surface area (Å²) < 4.78 is 38.7. The van der Waals surface area contributed by atoms with E-state index in [9.17, 15) is 13.2 Å². The monoisotopic (exact) mass is 483 g/mol. The van der Waals surface area contributed by atoms with Crippen LogP contribution >= 0.6 is 15.9 Å². The lowest BCUT2D eigenvalue weighted by molar-refractivity contribution is 0.184. The third-order valence-electron chi connectivity index (χ3n) is 4.63. The summed E-state index contributed by atoms with van der Waals surface area (Å²) in [7, 11) is -0.895. The standard InChI is InChI=1S/C19H22BrN3O5S/c1-27-14-7-8-17(28-2)18(13-14)29(25,26)23-11-9-22(10-12-23)19(24)21-16-6-4-3-5-15(16)20/h3-8,13H,9-12H2,1-2H3,(H,21,24). The Kier molecular flexibility index (Phi) is 6.66. The fraction of sp³-hybridized carbons (Fsp3) is 0.316. The minimum Gasteiger partial charge on any atom is -0.497 e. The van der Waals surface area contributed by atoms with Gasteiger partial charge in [0.15, 0.2) is 0 Å². The van der Waals surface area contributed by atoms with Crippen LogP contribution in [-0.2, 0) is 10.0 Å². The van der Waals surface area contributed by atoms with Crippen molar-refractivity contribution >= 4 is 37.7 Å². The van der Waals surface area contributed by atoms with E-state index >= 15 is 0 Å². The largest absolute Gasteiger partial charge is 0.497 e. The highest BCUT2D eigenvalue weighted by atomic mass is 79.9. The van der Waals surface area contributed by atoms with Crippen LogP contribution in [0.2, 0.25) is 0 Å². The lowest BCUT2D eigenvalue weighted by atomic mass is 10.3. The van der Waals surface area contributed by atoms with Gasteiger partial charge in [0, 0.05) is 36.7 Å². The number of nitrogens with zero attached hydrogens (tertiary/aromatic N) is 2. The number of piperazine rings is 1. The van der Waals surface area contributed by atoms with E-state index in [2.05, 4.69) is 21.2 Å². The Morgan fingerprint density at radius 3 is 2.34 bits per heavy atom. The molecular weight excluding hydrogens is 462 g/mol. The molecule has 1 saturated heterocycles. The van der Waals surface area contributed by atoms with Crippen LogP contribution in [0.3, 0.4) is 0 Å². The van der Waals surface area contributed by atoms with Crippen molar-refractivity contribution in [2.45, 2.75) is 4.90 Å². The Bertz CT molecular complexity index is 991. The number of para-hydroxylation sites is 1. The van der Waals surface area contributed by atoms with Crippen LogP contribution in [0.1, 0.15) is 0 Å². The summed E-state index contributed by atoms with van der Waals surface area (Å²) in [5.41, 5.74) is 0.661. The maximum absolute atomic E-state index is 13.1. The second kappa shape index (κ2) is 9.02. The maximum Gasteiger partial charge on any atom is 0.321 e. The van der Waals surface area contributed by atoms with Gasteiger partial charge in [0.25, 0.3) is 0 Å². The van der Waals surface area contributed by atoms with Crippen molar-refractivity contribution in [3.05, 3.63) is 46.9 Å². The molecule has 1 aliphatic rings. The molecule has 0 aliphatic carbocycles. The van der Waals surface area contributed by atoms with Crippen LogP contribution in [0.25, 0.3) is 0 Å². The minimum atomic E-state index is -3.79. The molecule has 1 aliphatic heterocycles. The van der Waals surface area contributed by atoms with Crippen molar-refractivity contribution in [3.8, 4) is 11.5 Å². The van der Waals surface area contributed by atoms with Crippen LogP contribution in [0.5, 0.6) is 11.5 Å². The van der Waals surface area contributed by atoms with E-state index in [1.165, 1.54) is 24.6 Å². The summed E-state index contributed by atoms with van der Waals surface area (Å²) in [5.74, 6) is 0.677. The molecule has 29 heavy (non-hydrogen) atoms. The van der Waals surface area contributed by atoms with Gasteiger partial charge in [-0.3, -0.25) is 0 Å². The molecule has 10 heteroatoms. The number of benzene rings is 2. The van der Waals surface area contributed by atoms with Crippen molar-refractivity contribution in [3.63, 3.8) is 0 Å². The molecule has 0 bridgehead atoms. The van der Waals surface area contributed by atoms with Gasteiger partial charge in [0.1, 0.15) is 16.4 Å². The number of carbonyl (C=O) groups excluding carboxylic acids is 1. The molecule has 8 nitrogen and oxygen atoms in total. The molecule has 0 saturated carbocycles. The molecule has 0 spiro atoms. The van der Waals surface area contributed by atoms with E-state index in [4.69, 9.17) is 9.47 Å². The number of carbonyl (C=O) groups is 1. The van der Waals surface area contributed by atoms with E-state index in [0.29, 0.717) is 11.4 Å². The van der Waals surface area contributed by atoms with Gasteiger partial charge in [-0.05, 0) is 40.2 Å². The molecule has 1 heterocycles. The second-order valence-electron chi connectivity index (χ2n) is 6.32. The number of hydrogen-bond acceptors (Lipinski definition) is 5. The molecule has 2 aromatic rings. The molecule has 0 aromatic heterocycles. The maximum atomic E-state index is 13.1. The third kappa shape index (κ3) is 4.65. The SMILES string of the molecule is COc1ccc(OC)c(S(=O)(=O)N2CCN(C(=O)Nc3ccccc3Br)CC2)c1. The van der Waals surface area contributed by atoms with Crippen molar-refractivity contribution in [2.75, 3.05) is 45.7 Å². The number of anilines is 1. The average Bonchev–Trinajstić information content (AvgIpc) is 2.74. The normalized spacial score (nSPS) is 15.1. The van der Waals surface area contributed by atoms with E-state index in [-0.39, 0.29) is 42.9 Å². The Hall–Kier alpha value is -2.30. The van der Waals surface area contributed by atoms with Gasteiger partial charge in [-0.2, -0.15) is 4.31 Å². The number of methoxy groups -OCH3 is 2. The van der Waals surface area contributed by atoms with Gasteiger partial charge in [-0.15, -0.1) is 0 Å². The van der Waals surface area contributed by atoms with Gasteiger partial charge >= 0.3 is 6.03 Å². The summed E-state index contributed by atoms with van der Waals surface area (Å²) >= 11 is 3.39. The van der Waals surface area contributed by atoms with Crippen molar-refractivity contribution in [1.82, 2.24) is 9.21 Å². The number of halogens is 1. The molecule has 2 amide bonds. The average molecular weight is 484 g/mol. The van der Waals surface area contributed by atoms with E-state index < -0.39 is 10.0 Å². The Balaban J connectivity index is 1.70. The molecule has 3 rings (SSSR count). The number of urea groups is 1. The number of sulfonamides is 1. The highest BCUT2D eigenvalue weighted by Gasteiger charge is 2.32. The van der Waals surface area contributed by atoms with E-state index in [0.717, 1.165) is 4.47 Å². The predicted octanol–water partition coefficient (Wildman–Crippen LogP) is 3.00. The summed E-state index contributed by atoms with van der Waals surface area (Å²) in [6.07, 6.45) is 0. The molecule has 1 N–H and O–H groups in total. The molecular formula is C19H22BrN3O5S. The van der Waals surface area contributed by atoms with Crippen LogP contribution in [0.4, 0.5) is 10.5 Å². The van der Waals surface area contributed by atoms with Gasteiger partial charge in [0.2, 0.25) is 10.0 Å². The molecule has 0 radical (unpaired) electrons. The number of ether oxygens (including phenoxy) is 2. The Morgan fingerprint density at radius 2 is 1.72 bits per heavy atom. The summed E-state index contributed by atoms with van der Waals surface area (Å²) in [6, 6.07) is 11.7.